The molecule has 1 aliphatic carbocycles. The molecular formula is C69H45N3S. The Morgan fingerprint density at radius 3 is 1.60 bits per heavy atom. The van der Waals surface area contributed by atoms with Gasteiger partial charge in [-0.25, -0.2) is 0 Å². The van der Waals surface area contributed by atoms with Gasteiger partial charge < -0.3 is 14.7 Å². The average molecular weight is 948 g/mol. The number of anilines is 9. The molecule has 0 unspecified atom stereocenters. The Balaban J connectivity index is 0.994. The van der Waals surface area contributed by atoms with Crippen molar-refractivity contribution >= 4 is 104 Å². The van der Waals surface area contributed by atoms with Crippen LogP contribution in [0.25, 0.3) is 52.8 Å². The number of rotatable bonds is 7. The summed E-state index contributed by atoms with van der Waals surface area (Å²) in [6.07, 6.45) is 0. The molecule has 0 saturated carbocycles. The molecule has 0 N–H and O–H groups in total. The summed E-state index contributed by atoms with van der Waals surface area (Å²) in [6.45, 7) is 0. The summed E-state index contributed by atoms with van der Waals surface area (Å²) in [5.41, 5.74) is 17.2. The van der Waals surface area contributed by atoms with Crippen molar-refractivity contribution in [1.29, 1.82) is 0 Å². The van der Waals surface area contributed by atoms with Gasteiger partial charge in [-0.15, -0.1) is 11.3 Å². The smallest absolute Gasteiger partial charge is 0.0755 e. The highest BCUT2D eigenvalue weighted by Gasteiger charge is 2.52. The average Bonchev–Trinajstić information content (AvgIpc) is 3.98. The second-order valence-electron chi connectivity index (χ2n) is 19.2. The third-order valence-corrected chi connectivity index (χ3v) is 16.5. The van der Waals surface area contributed by atoms with E-state index in [1.807, 2.05) is 11.3 Å². The summed E-state index contributed by atoms with van der Waals surface area (Å²) in [4.78, 5) is 7.38. The summed E-state index contributed by atoms with van der Waals surface area (Å²) in [5.74, 6) is 0. The zero-order valence-electron chi connectivity index (χ0n) is 39.7. The summed E-state index contributed by atoms with van der Waals surface area (Å²) in [7, 11) is 0. The van der Waals surface area contributed by atoms with Crippen LogP contribution in [0.5, 0.6) is 0 Å². The van der Waals surface area contributed by atoms with Crippen LogP contribution in [-0.2, 0) is 5.41 Å². The number of benzene rings is 12. The van der Waals surface area contributed by atoms with Crippen LogP contribution in [0, 0.1) is 0 Å². The first-order valence-corrected chi connectivity index (χ1v) is 25.9. The molecule has 3 nitrogen and oxygen atoms in total. The maximum atomic E-state index is 2.52. The lowest BCUT2D eigenvalue weighted by molar-refractivity contribution is 0.752. The molecule has 12 aromatic carbocycles. The molecular weight excluding hydrogens is 903 g/mol. The number of hydrogen-bond acceptors (Lipinski definition) is 4. The van der Waals surface area contributed by atoms with Gasteiger partial charge in [-0.1, -0.05) is 170 Å². The Morgan fingerprint density at radius 2 is 0.877 bits per heavy atom. The highest BCUT2D eigenvalue weighted by atomic mass is 32.1. The fourth-order valence-corrected chi connectivity index (χ4v) is 13.5. The van der Waals surface area contributed by atoms with E-state index in [0.717, 1.165) is 45.5 Å². The van der Waals surface area contributed by atoms with Crippen molar-refractivity contribution in [3.8, 4) is 11.1 Å². The molecule has 0 radical (unpaired) electrons. The predicted octanol–water partition coefficient (Wildman–Crippen LogP) is 19.4. The molecule has 2 aliphatic rings. The summed E-state index contributed by atoms with van der Waals surface area (Å²) in [5, 5.41) is 7.45. The van der Waals surface area contributed by atoms with E-state index in [4.69, 9.17) is 0 Å². The molecule has 342 valence electrons. The summed E-state index contributed by atoms with van der Waals surface area (Å²) < 4.78 is 2.49. The van der Waals surface area contributed by atoms with E-state index in [9.17, 15) is 0 Å². The number of thiophene rings is 1. The first kappa shape index (κ1) is 41.6. The van der Waals surface area contributed by atoms with E-state index in [1.165, 1.54) is 80.8 Å². The van der Waals surface area contributed by atoms with Crippen molar-refractivity contribution < 1.29 is 0 Å². The molecule has 73 heavy (non-hydrogen) atoms. The predicted molar refractivity (Wildman–Crippen MR) is 309 cm³/mol. The molecule has 1 spiro atoms. The van der Waals surface area contributed by atoms with Crippen LogP contribution in [0.2, 0.25) is 0 Å². The standard InChI is InChI=1S/C69H45N3S/c1-4-20-48(21-5-1)70(49-22-6-2-7-23-49)52-39-42-66-58(44-52)68-65(33-18-34-67(68)73-66)71(50-24-8-3-9-25-50)53-38-41-64-62(45-53)69(59-29-14-12-27-56(59)57-28-13-15-30-60(57)69)61-31-16-17-32-63(61)72(64)51-37-40-55-47(43-51)36-35-46-19-10-11-26-54(46)55/h1-45H. The SMILES string of the molecule is c1ccc(N(c2ccccc2)c2ccc3sc4cccc(N(c5ccccc5)c5ccc6c(c5)C5(c7ccccc7-c7ccccc75)c5ccccc5N6c5ccc6c(ccc7ccccc76)c5)c4c3c2)cc1. The monoisotopic (exact) mass is 947 g/mol. The Hall–Kier alpha value is -9.22. The van der Waals surface area contributed by atoms with Gasteiger partial charge in [0, 0.05) is 54.3 Å². The molecule has 2 heterocycles. The topological polar surface area (TPSA) is 9.72 Å². The van der Waals surface area contributed by atoms with Crippen molar-refractivity contribution in [2.24, 2.45) is 0 Å². The first-order valence-electron chi connectivity index (χ1n) is 25.1. The van der Waals surface area contributed by atoms with Gasteiger partial charge in [0.25, 0.3) is 0 Å². The normalized spacial score (nSPS) is 13.0. The van der Waals surface area contributed by atoms with Crippen LogP contribution in [0.1, 0.15) is 22.3 Å². The molecule has 0 saturated heterocycles. The van der Waals surface area contributed by atoms with Crippen molar-refractivity contribution in [2.45, 2.75) is 5.41 Å². The molecule has 1 aliphatic heterocycles. The third kappa shape index (κ3) is 6.24. The summed E-state index contributed by atoms with van der Waals surface area (Å²) in [6, 6.07) is 101. The van der Waals surface area contributed by atoms with Crippen LogP contribution in [0.4, 0.5) is 51.2 Å². The van der Waals surface area contributed by atoms with Crippen molar-refractivity contribution in [2.75, 3.05) is 14.7 Å². The number of fused-ring (bicyclic) bond motifs is 15. The van der Waals surface area contributed by atoms with Gasteiger partial charge in [-0.05, 0) is 158 Å². The Morgan fingerprint density at radius 1 is 0.315 bits per heavy atom. The van der Waals surface area contributed by atoms with Gasteiger partial charge in [-0.3, -0.25) is 0 Å². The minimum Gasteiger partial charge on any atom is -0.310 e. The maximum absolute atomic E-state index is 2.52. The fourth-order valence-electron chi connectivity index (χ4n) is 12.4. The van der Waals surface area contributed by atoms with Crippen molar-refractivity contribution in [3.63, 3.8) is 0 Å². The van der Waals surface area contributed by atoms with Crippen LogP contribution in [0.3, 0.4) is 0 Å². The van der Waals surface area contributed by atoms with E-state index < -0.39 is 5.41 Å². The highest BCUT2D eigenvalue weighted by molar-refractivity contribution is 7.26. The zero-order chi connectivity index (χ0) is 48.0. The molecule has 0 amide bonds. The number of nitrogens with zero attached hydrogens (tertiary/aromatic N) is 3. The van der Waals surface area contributed by atoms with Gasteiger partial charge >= 0.3 is 0 Å². The minimum atomic E-state index is -0.616. The Kier molecular flexibility index (Phi) is 9.35. The van der Waals surface area contributed by atoms with E-state index in [1.54, 1.807) is 0 Å². The molecule has 13 aromatic rings. The van der Waals surface area contributed by atoms with E-state index in [0.29, 0.717) is 0 Å². The van der Waals surface area contributed by atoms with Gasteiger partial charge in [0.05, 0.1) is 22.5 Å². The number of para-hydroxylation sites is 4. The van der Waals surface area contributed by atoms with E-state index in [-0.39, 0.29) is 0 Å². The lowest BCUT2D eigenvalue weighted by atomic mass is 9.64. The van der Waals surface area contributed by atoms with E-state index >= 15 is 0 Å². The summed E-state index contributed by atoms with van der Waals surface area (Å²) >= 11 is 1.86. The molecule has 0 atom stereocenters. The Labute approximate surface area is 428 Å². The lowest BCUT2D eigenvalue weighted by Crippen LogP contribution is -2.36. The molecule has 0 fully saturated rings. The maximum Gasteiger partial charge on any atom is 0.0755 e. The van der Waals surface area contributed by atoms with Gasteiger partial charge in [0.1, 0.15) is 0 Å². The second-order valence-corrected chi connectivity index (χ2v) is 20.3. The zero-order valence-corrected chi connectivity index (χ0v) is 40.5. The van der Waals surface area contributed by atoms with Gasteiger partial charge in [-0.2, -0.15) is 0 Å². The van der Waals surface area contributed by atoms with Crippen molar-refractivity contribution in [3.05, 3.63) is 295 Å². The molecule has 1 aromatic heterocycles. The largest absolute Gasteiger partial charge is 0.310 e. The Bertz CT molecular complexity index is 4210. The highest BCUT2D eigenvalue weighted by Crippen LogP contribution is 2.64. The molecule has 15 rings (SSSR count). The van der Waals surface area contributed by atoms with Gasteiger partial charge in [0.2, 0.25) is 0 Å². The van der Waals surface area contributed by atoms with Crippen LogP contribution < -0.4 is 14.7 Å². The number of hydrogen-bond donors (Lipinski definition) is 0. The van der Waals surface area contributed by atoms with Gasteiger partial charge in [0.15, 0.2) is 0 Å². The molecule has 0 bridgehead atoms. The molecule has 4 heteroatoms. The van der Waals surface area contributed by atoms with Crippen LogP contribution >= 0.6 is 11.3 Å². The van der Waals surface area contributed by atoms with Crippen molar-refractivity contribution in [1.82, 2.24) is 0 Å². The third-order valence-electron chi connectivity index (χ3n) is 15.4. The first-order chi connectivity index (χ1) is 36.2. The van der Waals surface area contributed by atoms with Crippen LogP contribution in [-0.4, -0.2) is 0 Å². The van der Waals surface area contributed by atoms with E-state index in [2.05, 4.69) is 288 Å². The van der Waals surface area contributed by atoms with Crippen LogP contribution in [0.15, 0.2) is 273 Å². The second kappa shape index (κ2) is 16.4. The minimum absolute atomic E-state index is 0.616. The lowest BCUT2D eigenvalue weighted by Gasteiger charge is -2.45. The fraction of sp³-hybridized carbons (Fsp3) is 0.0145. The quantitative estimate of drug-likeness (QED) is 0.147.